The third-order valence-corrected chi connectivity index (χ3v) is 3.11. The SMILES string of the molecule is O=C(O)Cc1ccc(NC2=Nc3ccccc3N([O-])N2)cc1. The molecule has 0 amide bonds. The van der Waals surface area contributed by atoms with E-state index in [2.05, 4.69) is 15.7 Å². The summed E-state index contributed by atoms with van der Waals surface area (Å²) in [5.74, 6) is -0.572. The van der Waals surface area contributed by atoms with Crippen LogP contribution < -0.4 is 15.9 Å². The molecule has 1 heterocycles. The van der Waals surface area contributed by atoms with Crippen LogP contribution in [0.25, 0.3) is 0 Å². The maximum absolute atomic E-state index is 11.9. The van der Waals surface area contributed by atoms with E-state index in [0.717, 1.165) is 0 Å². The molecule has 3 N–H and O–H groups in total. The van der Waals surface area contributed by atoms with Gasteiger partial charge in [-0.1, -0.05) is 24.3 Å². The Kier molecular flexibility index (Phi) is 3.63. The van der Waals surface area contributed by atoms with E-state index in [1.165, 1.54) is 0 Å². The average molecular weight is 297 g/mol. The predicted molar refractivity (Wildman–Crippen MR) is 83.9 cm³/mol. The van der Waals surface area contributed by atoms with Crippen LogP contribution in [0, 0.1) is 5.21 Å². The summed E-state index contributed by atoms with van der Waals surface area (Å²) in [6.07, 6.45) is -0.0266. The van der Waals surface area contributed by atoms with Gasteiger partial charge in [0.25, 0.3) is 0 Å². The Hall–Kier alpha value is -3.06. The Morgan fingerprint density at radius 3 is 2.68 bits per heavy atom. The number of hydrogen-bond acceptors (Lipinski definition) is 6. The van der Waals surface area contributed by atoms with E-state index < -0.39 is 5.97 Å². The number of guanidine groups is 1. The number of hydrazine groups is 1. The van der Waals surface area contributed by atoms with E-state index in [9.17, 15) is 10.0 Å². The highest BCUT2D eigenvalue weighted by molar-refractivity contribution is 5.99. The summed E-state index contributed by atoms with van der Waals surface area (Å²) < 4.78 is 0. The number of aliphatic imine (C=N–C) groups is 1. The second-order valence-corrected chi connectivity index (χ2v) is 4.75. The molecule has 1 aliphatic heterocycles. The van der Waals surface area contributed by atoms with Crippen LogP contribution in [0.5, 0.6) is 0 Å². The fourth-order valence-corrected chi connectivity index (χ4v) is 2.11. The lowest BCUT2D eigenvalue weighted by Gasteiger charge is -2.36. The fraction of sp³-hybridized carbons (Fsp3) is 0.0667. The minimum Gasteiger partial charge on any atom is -0.739 e. The Morgan fingerprint density at radius 2 is 1.95 bits per heavy atom. The van der Waals surface area contributed by atoms with Crippen molar-refractivity contribution < 1.29 is 9.90 Å². The molecule has 0 saturated carbocycles. The van der Waals surface area contributed by atoms with Crippen LogP contribution >= 0.6 is 0 Å². The molecule has 2 aromatic carbocycles. The van der Waals surface area contributed by atoms with Crippen LogP contribution in [-0.2, 0) is 11.2 Å². The van der Waals surface area contributed by atoms with Gasteiger partial charge in [0.2, 0.25) is 5.96 Å². The minimum absolute atomic E-state index is 0.0266. The van der Waals surface area contributed by atoms with Crippen LogP contribution in [0.2, 0.25) is 0 Å². The van der Waals surface area contributed by atoms with Crippen LogP contribution in [0.3, 0.4) is 0 Å². The number of para-hydroxylation sites is 2. The van der Waals surface area contributed by atoms with E-state index in [1.807, 2.05) is 0 Å². The summed E-state index contributed by atoms with van der Waals surface area (Å²) in [5.41, 5.74) is 5.01. The molecular formula is C15H13N4O3-. The van der Waals surface area contributed by atoms with Gasteiger partial charge in [0.05, 0.1) is 17.8 Å². The van der Waals surface area contributed by atoms with Gasteiger partial charge in [-0.2, -0.15) is 0 Å². The highest BCUT2D eigenvalue weighted by Crippen LogP contribution is 2.29. The zero-order chi connectivity index (χ0) is 15.5. The zero-order valence-corrected chi connectivity index (χ0v) is 11.5. The largest absolute Gasteiger partial charge is 0.739 e. The van der Waals surface area contributed by atoms with Crippen molar-refractivity contribution in [3.63, 3.8) is 0 Å². The first kappa shape index (κ1) is 13.9. The van der Waals surface area contributed by atoms with E-state index >= 15 is 0 Å². The molecular weight excluding hydrogens is 284 g/mol. The lowest BCUT2D eigenvalue weighted by Crippen LogP contribution is -2.44. The second kappa shape index (κ2) is 5.74. The number of carbonyl (C=O) groups is 1. The third kappa shape index (κ3) is 2.99. The molecule has 0 saturated heterocycles. The standard InChI is InChI=1S/C15H13N4O3/c20-14(21)9-10-5-7-11(8-6-10)16-15-17-12-3-1-2-4-13(12)19(22)18-15/h1-8H,9H2,(H,20,21)(H2,16,17,18)/q-1. The van der Waals surface area contributed by atoms with Crippen molar-refractivity contribution in [3.8, 4) is 0 Å². The molecule has 0 aromatic heterocycles. The van der Waals surface area contributed by atoms with Crippen LogP contribution in [-0.4, -0.2) is 17.0 Å². The molecule has 7 nitrogen and oxygen atoms in total. The van der Waals surface area contributed by atoms with Gasteiger partial charge in [-0.3, -0.25) is 10.2 Å². The van der Waals surface area contributed by atoms with Crippen LogP contribution in [0.4, 0.5) is 17.1 Å². The maximum atomic E-state index is 11.9. The van der Waals surface area contributed by atoms with Crippen molar-refractivity contribution in [2.45, 2.75) is 6.42 Å². The first-order chi connectivity index (χ1) is 10.6. The number of nitrogens with one attached hydrogen (secondary N) is 2. The van der Waals surface area contributed by atoms with Crippen molar-refractivity contribution in [3.05, 3.63) is 59.3 Å². The molecule has 2 aromatic rings. The van der Waals surface area contributed by atoms with E-state index in [4.69, 9.17) is 5.11 Å². The molecule has 0 radical (unpaired) electrons. The van der Waals surface area contributed by atoms with Crippen molar-refractivity contribution in [1.82, 2.24) is 5.43 Å². The Morgan fingerprint density at radius 1 is 1.23 bits per heavy atom. The molecule has 0 atom stereocenters. The van der Waals surface area contributed by atoms with Gasteiger partial charge < -0.3 is 20.8 Å². The number of hydrogen-bond donors (Lipinski definition) is 3. The monoisotopic (exact) mass is 297 g/mol. The zero-order valence-electron chi connectivity index (χ0n) is 11.5. The smallest absolute Gasteiger partial charge is 0.307 e. The summed E-state index contributed by atoms with van der Waals surface area (Å²) in [6.45, 7) is 0. The fourth-order valence-electron chi connectivity index (χ4n) is 2.11. The third-order valence-electron chi connectivity index (χ3n) is 3.11. The number of anilines is 2. The lowest BCUT2D eigenvalue weighted by atomic mass is 10.1. The summed E-state index contributed by atoms with van der Waals surface area (Å²) in [5, 5.41) is 24.2. The molecule has 0 bridgehead atoms. The number of aliphatic carboxylic acids is 1. The molecule has 0 aliphatic carbocycles. The second-order valence-electron chi connectivity index (χ2n) is 4.75. The molecule has 22 heavy (non-hydrogen) atoms. The first-order valence-electron chi connectivity index (χ1n) is 6.61. The van der Waals surface area contributed by atoms with Crippen LogP contribution in [0.15, 0.2) is 53.5 Å². The van der Waals surface area contributed by atoms with Gasteiger partial charge in [-0.25, -0.2) is 4.99 Å². The summed E-state index contributed by atoms with van der Waals surface area (Å²) in [4.78, 5) is 15.0. The minimum atomic E-state index is -0.877. The molecule has 0 spiro atoms. The highest BCUT2D eigenvalue weighted by Gasteiger charge is 2.12. The summed E-state index contributed by atoms with van der Waals surface area (Å²) in [6, 6.07) is 13.9. The molecule has 0 fully saturated rings. The normalized spacial score (nSPS) is 13.0. The van der Waals surface area contributed by atoms with Crippen molar-refractivity contribution in [1.29, 1.82) is 0 Å². The number of benzene rings is 2. The van der Waals surface area contributed by atoms with Crippen molar-refractivity contribution in [2.24, 2.45) is 4.99 Å². The molecule has 7 heteroatoms. The number of carboxylic acid groups (broad SMARTS) is 1. The van der Waals surface area contributed by atoms with E-state index in [1.54, 1.807) is 48.5 Å². The van der Waals surface area contributed by atoms with Crippen LogP contribution in [0.1, 0.15) is 5.56 Å². The number of nitrogens with zero attached hydrogens (tertiary/aromatic N) is 2. The predicted octanol–water partition coefficient (Wildman–Crippen LogP) is 2.24. The highest BCUT2D eigenvalue weighted by atomic mass is 16.5. The Balaban J connectivity index is 1.76. The average Bonchev–Trinajstić information content (AvgIpc) is 2.49. The van der Waals surface area contributed by atoms with Gasteiger partial charge in [0.15, 0.2) is 0 Å². The number of carboxylic acids is 1. The van der Waals surface area contributed by atoms with Gasteiger partial charge in [-0.05, 0) is 29.8 Å². The maximum Gasteiger partial charge on any atom is 0.307 e. The number of rotatable bonds is 3. The molecule has 0 unspecified atom stereocenters. The van der Waals surface area contributed by atoms with E-state index in [0.29, 0.717) is 33.8 Å². The topological polar surface area (TPSA) is 100 Å². The Labute approximate surface area is 126 Å². The Bertz CT molecular complexity index is 728. The lowest BCUT2D eigenvalue weighted by molar-refractivity contribution is -0.136. The number of fused-ring (bicyclic) bond motifs is 1. The van der Waals surface area contributed by atoms with Crippen molar-refractivity contribution >= 4 is 29.0 Å². The van der Waals surface area contributed by atoms with Gasteiger partial charge >= 0.3 is 5.97 Å². The van der Waals surface area contributed by atoms with Gasteiger partial charge in [0, 0.05) is 5.69 Å². The van der Waals surface area contributed by atoms with E-state index in [-0.39, 0.29) is 6.42 Å². The molecule has 112 valence electrons. The van der Waals surface area contributed by atoms with Gasteiger partial charge in [-0.15, -0.1) is 0 Å². The summed E-state index contributed by atoms with van der Waals surface area (Å²) >= 11 is 0. The summed E-state index contributed by atoms with van der Waals surface area (Å²) in [7, 11) is 0. The van der Waals surface area contributed by atoms with Gasteiger partial charge in [0.1, 0.15) is 0 Å². The molecule has 1 aliphatic rings. The molecule has 3 rings (SSSR count). The quantitative estimate of drug-likeness (QED) is 0.803. The van der Waals surface area contributed by atoms with Crippen molar-refractivity contribution in [2.75, 3.05) is 10.5 Å². The first-order valence-corrected chi connectivity index (χ1v) is 6.61.